The van der Waals surface area contributed by atoms with Crippen LogP contribution in [-0.4, -0.2) is 35.6 Å². The lowest BCUT2D eigenvalue weighted by Gasteiger charge is -2.45. The highest BCUT2D eigenvalue weighted by Crippen LogP contribution is 2.41. The number of anilines is 1. The number of benzene rings is 1. The number of nitrogens with two attached hydrogens (primary N) is 2. The molecule has 1 aromatic rings. The fourth-order valence-electron chi connectivity index (χ4n) is 3.57. The molecule has 1 aliphatic heterocycles. The van der Waals surface area contributed by atoms with E-state index in [-0.39, 0.29) is 28.9 Å². The summed E-state index contributed by atoms with van der Waals surface area (Å²) in [6, 6.07) is 3.89. The molecule has 26 heavy (non-hydrogen) atoms. The van der Waals surface area contributed by atoms with Gasteiger partial charge in [-0.05, 0) is 31.7 Å². The van der Waals surface area contributed by atoms with E-state index >= 15 is 0 Å². The second-order valence-corrected chi connectivity index (χ2v) is 6.27. The summed E-state index contributed by atoms with van der Waals surface area (Å²) >= 11 is 0. The third-order valence-electron chi connectivity index (χ3n) is 4.69. The second kappa shape index (κ2) is 6.62. The van der Waals surface area contributed by atoms with Crippen LogP contribution in [0.15, 0.2) is 28.2 Å². The molecule has 0 unspecified atom stereocenters. The van der Waals surface area contributed by atoms with Gasteiger partial charge in [-0.25, -0.2) is 9.79 Å². The van der Waals surface area contributed by atoms with E-state index < -0.39 is 16.6 Å². The van der Waals surface area contributed by atoms with Crippen molar-refractivity contribution in [3.05, 3.63) is 33.9 Å². The first-order valence-corrected chi connectivity index (χ1v) is 8.24. The highest BCUT2D eigenvalue weighted by atomic mass is 16.6. The lowest BCUT2D eigenvalue weighted by Crippen LogP contribution is -2.58. The Morgan fingerprint density at radius 3 is 2.62 bits per heavy atom. The number of hydrogen-bond acceptors (Lipinski definition) is 9. The summed E-state index contributed by atoms with van der Waals surface area (Å²) in [5.41, 5.74) is 11.4. The van der Waals surface area contributed by atoms with E-state index in [1.54, 1.807) is 4.90 Å². The monoisotopic (exact) mass is 360 g/mol. The Balaban J connectivity index is 2.21. The largest absolute Gasteiger partial charge is 0.465 e. The molecule has 138 valence electrons. The summed E-state index contributed by atoms with van der Waals surface area (Å²) in [4.78, 5) is 33.1. The summed E-state index contributed by atoms with van der Waals surface area (Å²) in [6.07, 6.45) is 4.12. The molecule has 0 aromatic heterocycles. The number of nitro benzene ring substituents is 1. The van der Waals surface area contributed by atoms with Crippen molar-refractivity contribution in [1.82, 2.24) is 0 Å². The van der Waals surface area contributed by atoms with Crippen molar-refractivity contribution in [3.8, 4) is 0 Å². The van der Waals surface area contributed by atoms with Crippen molar-refractivity contribution in [2.75, 3.05) is 12.0 Å². The molecule has 1 saturated carbocycles. The fraction of sp³-hybridized carbons (Fsp3) is 0.438. The lowest BCUT2D eigenvalue weighted by atomic mass is 9.87. The zero-order chi connectivity index (χ0) is 18.9. The Morgan fingerprint density at radius 2 is 2.00 bits per heavy atom. The molecule has 1 aliphatic carbocycles. The molecular weight excluding hydrogens is 340 g/mol. The Labute approximate surface area is 149 Å². The minimum atomic E-state index is -0.813. The number of rotatable bonds is 3. The second-order valence-electron chi connectivity index (χ2n) is 6.27. The quantitative estimate of drug-likeness (QED) is 0.471. The van der Waals surface area contributed by atoms with Crippen LogP contribution in [0, 0.1) is 10.1 Å². The highest BCUT2D eigenvalue weighted by molar-refractivity contribution is 6.09. The number of esters is 1. The van der Waals surface area contributed by atoms with Crippen LogP contribution in [0.2, 0.25) is 0 Å². The Hall–Kier alpha value is -3.17. The number of aliphatic imine (C=N–C) groups is 2. The molecule has 0 saturated heterocycles. The maximum Gasteiger partial charge on any atom is 0.339 e. The maximum absolute atomic E-state index is 12.2. The van der Waals surface area contributed by atoms with Crippen molar-refractivity contribution in [2.45, 2.75) is 37.8 Å². The van der Waals surface area contributed by atoms with Crippen molar-refractivity contribution in [2.24, 2.45) is 21.5 Å². The molecule has 4 N–H and O–H groups in total. The summed E-state index contributed by atoms with van der Waals surface area (Å²) in [7, 11) is 1.24. The van der Waals surface area contributed by atoms with Gasteiger partial charge in [0.15, 0.2) is 0 Å². The average Bonchev–Trinajstić information content (AvgIpc) is 2.60. The normalized spacial score (nSPS) is 18.9. The molecule has 1 fully saturated rings. The van der Waals surface area contributed by atoms with Crippen LogP contribution in [0.5, 0.6) is 0 Å². The van der Waals surface area contributed by atoms with E-state index in [4.69, 9.17) is 16.2 Å². The van der Waals surface area contributed by atoms with E-state index in [9.17, 15) is 14.9 Å². The number of ether oxygens (including phenoxy) is 1. The van der Waals surface area contributed by atoms with Gasteiger partial charge in [0.2, 0.25) is 11.9 Å². The number of guanidine groups is 2. The SMILES string of the molecule is COC(=O)c1ccc([N+](=O)[O-])cc1N1C(N)=NC(N)=NC12CCCCC2. The van der Waals surface area contributed by atoms with Crippen LogP contribution in [0.3, 0.4) is 0 Å². The molecule has 1 aromatic carbocycles. The third-order valence-corrected chi connectivity index (χ3v) is 4.69. The van der Waals surface area contributed by atoms with Crippen LogP contribution in [0.25, 0.3) is 0 Å². The topological polar surface area (TPSA) is 149 Å². The molecular formula is C16H20N6O4. The molecule has 1 spiro atoms. The third kappa shape index (κ3) is 2.93. The van der Waals surface area contributed by atoms with Gasteiger partial charge in [-0.2, -0.15) is 4.99 Å². The van der Waals surface area contributed by atoms with Gasteiger partial charge in [-0.3, -0.25) is 15.0 Å². The Kier molecular flexibility index (Phi) is 4.49. The minimum absolute atomic E-state index is 0.0463. The average molecular weight is 360 g/mol. The summed E-state index contributed by atoms with van der Waals surface area (Å²) in [6.45, 7) is 0. The molecule has 10 nitrogen and oxygen atoms in total. The van der Waals surface area contributed by atoms with E-state index in [0.717, 1.165) is 19.3 Å². The molecule has 0 bridgehead atoms. The van der Waals surface area contributed by atoms with Crippen molar-refractivity contribution >= 4 is 29.3 Å². The fourth-order valence-corrected chi connectivity index (χ4v) is 3.57. The molecule has 0 radical (unpaired) electrons. The first-order valence-electron chi connectivity index (χ1n) is 8.24. The van der Waals surface area contributed by atoms with Gasteiger partial charge in [0, 0.05) is 12.1 Å². The van der Waals surface area contributed by atoms with Crippen molar-refractivity contribution in [1.29, 1.82) is 0 Å². The van der Waals surface area contributed by atoms with E-state index in [1.165, 1.54) is 25.3 Å². The number of hydrogen-bond donors (Lipinski definition) is 2. The van der Waals surface area contributed by atoms with Gasteiger partial charge in [-0.15, -0.1) is 0 Å². The zero-order valence-electron chi connectivity index (χ0n) is 14.3. The smallest absolute Gasteiger partial charge is 0.339 e. The molecule has 10 heteroatoms. The van der Waals surface area contributed by atoms with Crippen LogP contribution in [0.1, 0.15) is 42.5 Å². The van der Waals surface area contributed by atoms with E-state index in [0.29, 0.717) is 12.8 Å². The van der Waals surface area contributed by atoms with Crippen LogP contribution >= 0.6 is 0 Å². The predicted octanol–water partition coefficient (Wildman–Crippen LogP) is 1.49. The Morgan fingerprint density at radius 1 is 1.31 bits per heavy atom. The van der Waals surface area contributed by atoms with Crippen LogP contribution in [-0.2, 0) is 4.74 Å². The standard InChI is InChI=1S/C16H20N6O4/c1-26-13(23)11-6-5-10(22(24)25)9-12(11)21-15(18)19-14(17)20-16(21)7-3-2-4-8-16/h5-6,9H,2-4,7-8H2,1H3,(H4,17,18,19,20). The summed E-state index contributed by atoms with van der Waals surface area (Å²) in [5, 5.41) is 11.2. The molecule has 1 heterocycles. The number of nitro groups is 1. The zero-order valence-corrected chi connectivity index (χ0v) is 14.3. The van der Waals surface area contributed by atoms with Crippen molar-refractivity contribution < 1.29 is 14.5 Å². The summed E-state index contributed by atoms with van der Waals surface area (Å²) in [5.74, 6) is -0.521. The first-order chi connectivity index (χ1) is 12.4. The first kappa shape index (κ1) is 17.6. The molecule has 3 rings (SSSR count). The highest BCUT2D eigenvalue weighted by Gasteiger charge is 2.44. The molecule has 2 aliphatic rings. The maximum atomic E-state index is 12.2. The lowest BCUT2D eigenvalue weighted by molar-refractivity contribution is -0.384. The van der Waals surface area contributed by atoms with Gasteiger partial charge in [-0.1, -0.05) is 6.42 Å². The Bertz CT molecular complexity index is 813. The van der Waals surface area contributed by atoms with Gasteiger partial charge >= 0.3 is 5.97 Å². The van der Waals surface area contributed by atoms with E-state index in [1.807, 2.05) is 0 Å². The van der Waals surface area contributed by atoms with Gasteiger partial charge in [0.1, 0.15) is 5.66 Å². The van der Waals surface area contributed by atoms with Crippen LogP contribution in [0.4, 0.5) is 11.4 Å². The number of nitrogens with zero attached hydrogens (tertiary/aromatic N) is 4. The number of carbonyl (C=O) groups excluding carboxylic acids is 1. The van der Waals surface area contributed by atoms with Gasteiger partial charge in [0.05, 0.1) is 23.3 Å². The van der Waals surface area contributed by atoms with Gasteiger partial charge < -0.3 is 16.2 Å². The minimum Gasteiger partial charge on any atom is -0.465 e. The van der Waals surface area contributed by atoms with Crippen molar-refractivity contribution in [3.63, 3.8) is 0 Å². The summed E-state index contributed by atoms with van der Waals surface area (Å²) < 4.78 is 4.82. The predicted molar refractivity (Wildman–Crippen MR) is 96.0 cm³/mol. The van der Waals surface area contributed by atoms with Crippen LogP contribution < -0.4 is 16.4 Å². The molecule has 0 amide bonds. The molecule has 0 atom stereocenters. The van der Waals surface area contributed by atoms with E-state index in [2.05, 4.69) is 9.98 Å². The van der Waals surface area contributed by atoms with Gasteiger partial charge in [0.25, 0.3) is 5.69 Å². The number of non-ortho nitro benzene ring substituents is 1. The number of carbonyl (C=O) groups is 1. The number of methoxy groups -OCH3 is 1.